The van der Waals surface area contributed by atoms with Crippen LogP contribution in [0.4, 0.5) is 10.1 Å². The first-order valence-corrected chi connectivity index (χ1v) is 7.03. The van der Waals surface area contributed by atoms with Crippen LogP contribution in [0, 0.1) is 11.7 Å². The normalized spacial score (nSPS) is 21.2. The van der Waals surface area contributed by atoms with Crippen LogP contribution in [0.2, 0.25) is 0 Å². The number of hydrogen-bond acceptors (Lipinski definition) is 3. The quantitative estimate of drug-likeness (QED) is 0.872. The van der Waals surface area contributed by atoms with E-state index in [0.29, 0.717) is 37.3 Å². The minimum Gasteiger partial charge on any atom is -0.388 e. The lowest BCUT2D eigenvalue weighted by Gasteiger charge is -2.28. The molecule has 3 rings (SSSR count). The predicted octanol–water partition coefficient (Wildman–Crippen LogP) is 2.17. The van der Waals surface area contributed by atoms with E-state index in [0.717, 1.165) is 18.4 Å². The summed E-state index contributed by atoms with van der Waals surface area (Å²) in [7, 11) is 0. The third-order valence-corrected chi connectivity index (χ3v) is 4.15. The van der Waals surface area contributed by atoms with Gasteiger partial charge in [-0.3, -0.25) is 4.79 Å². The van der Waals surface area contributed by atoms with Crippen molar-refractivity contribution in [2.24, 2.45) is 5.92 Å². The second kappa shape index (κ2) is 5.50. The van der Waals surface area contributed by atoms with Crippen molar-refractivity contribution < 1.29 is 19.0 Å². The monoisotopic (exact) mass is 279 g/mol. The van der Waals surface area contributed by atoms with Crippen molar-refractivity contribution in [3.63, 3.8) is 0 Å². The molecule has 5 heteroatoms. The first-order valence-electron chi connectivity index (χ1n) is 7.03. The Hall–Kier alpha value is -1.46. The van der Waals surface area contributed by atoms with E-state index < -0.39 is 11.9 Å². The Labute approximate surface area is 116 Å². The van der Waals surface area contributed by atoms with Crippen LogP contribution in [-0.4, -0.2) is 24.2 Å². The molecule has 0 aromatic heterocycles. The number of ether oxygens (including phenoxy) is 1. The van der Waals surface area contributed by atoms with Crippen molar-refractivity contribution >= 4 is 11.6 Å². The van der Waals surface area contributed by atoms with E-state index in [4.69, 9.17) is 4.74 Å². The van der Waals surface area contributed by atoms with Gasteiger partial charge in [-0.15, -0.1) is 0 Å². The van der Waals surface area contributed by atoms with Crippen molar-refractivity contribution in [1.82, 2.24) is 0 Å². The molecule has 0 aliphatic carbocycles. The molecule has 0 saturated carbocycles. The zero-order valence-electron chi connectivity index (χ0n) is 11.2. The molecule has 108 valence electrons. The molecule has 1 aromatic rings. The Kier molecular flexibility index (Phi) is 3.72. The summed E-state index contributed by atoms with van der Waals surface area (Å²) in [6.45, 7) is 1.23. The highest BCUT2D eigenvalue weighted by atomic mass is 19.1. The maximum absolute atomic E-state index is 14.2. The minimum absolute atomic E-state index is 0.0366. The van der Waals surface area contributed by atoms with E-state index in [2.05, 4.69) is 5.32 Å². The van der Waals surface area contributed by atoms with Crippen LogP contribution in [0.25, 0.3) is 0 Å². The van der Waals surface area contributed by atoms with Gasteiger partial charge in [-0.1, -0.05) is 0 Å². The van der Waals surface area contributed by atoms with Crippen LogP contribution in [0.15, 0.2) is 12.1 Å². The summed E-state index contributed by atoms with van der Waals surface area (Å²) >= 11 is 0. The zero-order valence-corrected chi connectivity index (χ0v) is 11.2. The third-order valence-electron chi connectivity index (χ3n) is 4.15. The Balaban J connectivity index is 1.87. The molecule has 2 N–H and O–H groups in total. The fourth-order valence-electron chi connectivity index (χ4n) is 2.93. The standard InChI is InChI=1S/C15H18FNO3/c16-12-8-13-10(1-2-14(18)17-13)7-11(12)15(19)9-3-5-20-6-4-9/h7-9,15,19H,1-6H2,(H,17,18). The Morgan fingerprint density at radius 1 is 1.30 bits per heavy atom. The molecule has 1 amide bonds. The number of nitrogens with one attached hydrogen (secondary N) is 1. The lowest BCUT2D eigenvalue weighted by molar-refractivity contribution is -0.116. The molecule has 1 aromatic carbocycles. The maximum Gasteiger partial charge on any atom is 0.224 e. The fourth-order valence-corrected chi connectivity index (χ4v) is 2.93. The van der Waals surface area contributed by atoms with Crippen LogP contribution in [-0.2, 0) is 16.0 Å². The van der Waals surface area contributed by atoms with Crippen LogP contribution < -0.4 is 5.32 Å². The van der Waals surface area contributed by atoms with E-state index in [1.54, 1.807) is 6.07 Å². The number of aryl methyl sites for hydroxylation is 1. The van der Waals surface area contributed by atoms with Gasteiger partial charge < -0.3 is 15.2 Å². The van der Waals surface area contributed by atoms with E-state index in [9.17, 15) is 14.3 Å². The van der Waals surface area contributed by atoms with Gasteiger partial charge in [0.1, 0.15) is 5.82 Å². The van der Waals surface area contributed by atoms with Gasteiger partial charge in [0.15, 0.2) is 0 Å². The van der Waals surface area contributed by atoms with Crippen molar-refractivity contribution in [2.75, 3.05) is 18.5 Å². The first-order chi connectivity index (χ1) is 9.65. The van der Waals surface area contributed by atoms with E-state index >= 15 is 0 Å². The van der Waals surface area contributed by atoms with Crippen molar-refractivity contribution in [1.29, 1.82) is 0 Å². The van der Waals surface area contributed by atoms with Crippen molar-refractivity contribution in [2.45, 2.75) is 31.8 Å². The summed E-state index contributed by atoms with van der Waals surface area (Å²) in [6, 6.07) is 3.02. The number of aliphatic hydroxyl groups is 1. The third kappa shape index (κ3) is 2.55. The molecule has 4 nitrogen and oxygen atoms in total. The molecule has 1 unspecified atom stereocenters. The van der Waals surface area contributed by atoms with Crippen molar-refractivity contribution in [3.8, 4) is 0 Å². The van der Waals surface area contributed by atoms with E-state index in [1.807, 2.05) is 0 Å². The lowest BCUT2D eigenvalue weighted by Crippen LogP contribution is -2.24. The van der Waals surface area contributed by atoms with Crippen molar-refractivity contribution in [3.05, 3.63) is 29.1 Å². The first kappa shape index (κ1) is 13.5. The highest BCUT2D eigenvalue weighted by Gasteiger charge is 2.27. The second-order valence-corrected chi connectivity index (χ2v) is 5.47. The molecule has 2 heterocycles. The largest absolute Gasteiger partial charge is 0.388 e. The topological polar surface area (TPSA) is 58.6 Å². The SMILES string of the molecule is O=C1CCc2cc(C(O)C3CCOCC3)c(F)cc2N1. The summed E-state index contributed by atoms with van der Waals surface area (Å²) in [4.78, 5) is 11.3. The average Bonchev–Trinajstić information content (AvgIpc) is 2.46. The second-order valence-electron chi connectivity index (χ2n) is 5.47. The minimum atomic E-state index is -0.804. The summed E-state index contributed by atoms with van der Waals surface area (Å²) in [5.74, 6) is -0.506. The molecule has 0 bridgehead atoms. The molecule has 1 fully saturated rings. The molecule has 0 spiro atoms. The van der Waals surface area contributed by atoms with Crippen LogP contribution in [0.3, 0.4) is 0 Å². The molecule has 1 saturated heterocycles. The Morgan fingerprint density at radius 3 is 2.80 bits per heavy atom. The summed E-state index contributed by atoms with van der Waals surface area (Å²) in [5.41, 5.74) is 1.76. The van der Waals surface area contributed by atoms with Gasteiger partial charge in [0.25, 0.3) is 0 Å². The van der Waals surface area contributed by atoms with E-state index in [-0.39, 0.29) is 11.8 Å². The molecule has 0 radical (unpaired) electrons. The Bertz CT molecular complexity index is 526. The van der Waals surface area contributed by atoms with Gasteiger partial charge in [0, 0.05) is 30.9 Å². The number of fused-ring (bicyclic) bond motifs is 1. The Morgan fingerprint density at radius 2 is 2.05 bits per heavy atom. The predicted molar refractivity (Wildman–Crippen MR) is 71.9 cm³/mol. The number of benzene rings is 1. The molecule has 20 heavy (non-hydrogen) atoms. The molecule has 1 atom stereocenters. The number of hydrogen-bond donors (Lipinski definition) is 2. The highest BCUT2D eigenvalue weighted by Crippen LogP contribution is 2.34. The lowest BCUT2D eigenvalue weighted by atomic mass is 9.87. The smallest absolute Gasteiger partial charge is 0.224 e. The number of carbonyl (C=O) groups excluding carboxylic acids is 1. The number of aliphatic hydroxyl groups excluding tert-OH is 1. The fraction of sp³-hybridized carbons (Fsp3) is 0.533. The highest BCUT2D eigenvalue weighted by molar-refractivity contribution is 5.93. The zero-order chi connectivity index (χ0) is 14.1. The number of amides is 1. The number of halogens is 1. The van der Waals surface area contributed by atoms with Gasteiger partial charge in [0.05, 0.1) is 6.10 Å². The van der Waals surface area contributed by atoms with Gasteiger partial charge in [-0.2, -0.15) is 0 Å². The number of rotatable bonds is 2. The van der Waals surface area contributed by atoms with Gasteiger partial charge in [-0.05, 0) is 42.9 Å². The molecular weight excluding hydrogens is 261 g/mol. The summed E-state index contributed by atoms with van der Waals surface area (Å²) in [6.07, 6.45) is 1.69. The van der Waals surface area contributed by atoms with Crippen LogP contribution >= 0.6 is 0 Å². The molecule has 2 aliphatic rings. The number of anilines is 1. The van der Waals surface area contributed by atoms with E-state index in [1.165, 1.54) is 6.07 Å². The van der Waals surface area contributed by atoms with Gasteiger partial charge in [-0.25, -0.2) is 4.39 Å². The van der Waals surface area contributed by atoms with Gasteiger partial charge in [0.2, 0.25) is 5.91 Å². The van der Waals surface area contributed by atoms with Crippen LogP contribution in [0.1, 0.15) is 36.5 Å². The summed E-state index contributed by atoms with van der Waals surface area (Å²) < 4.78 is 19.4. The number of carbonyl (C=O) groups is 1. The average molecular weight is 279 g/mol. The molecular formula is C15H18FNO3. The summed E-state index contributed by atoms with van der Waals surface area (Å²) in [5, 5.41) is 13.1. The van der Waals surface area contributed by atoms with Crippen LogP contribution in [0.5, 0.6) is 0 Å². The molecule has 2 aliphatic heterocycles. The van der Waals surface area contributed by atoms with Gasteiger partial charge >= 0.3 is 0 Å². The maximum atomic E-state index is 14.2.